The van der Waals surface area contributed by atoms with Crippen molar-refractivity contribution in [2.45, 2.75) is 32.9 Å². The SMILES string of the molecule is CC(C)(C)NCc1cccc(Oc2ccc(Br)cc2Cl)n1. The number of benzene rings is 1. The largest absolute Gasteiger partial charge is 0.437 e. The summed E-state index contributed by atoms with van der Waals surface area (Å²) in [6.07, 6.45) is 0. The van der Waals surface area contributed by atoms with Crippen molar-refractivity contribution < 1.29 is 4.74 Å². The van der Waals surface area contributed by atoms with Crippen molar-refractivity contribution in [3.63, 3.8) is 0 Å². The van der Waals surface area contributed by atoms with Gasteiger partial charge in [0.05, 0.1) is 10.7 Å². The van der Waals surface area contributed by atoms with Gasteiger partial charge in [0.1, 0.15) is 5.75 Å². The highest BCUT2D eigenvalue weighted by molar-refractivity contribution is 9.10. The molecule has 0 bridgehead atoms. The highest BCUT2D eigenvalue weighted by atomic mass is 79.9. The van der Waals surface area contributed by atoms with Gasteiger partial charge in [-0.3, -0.25) is 0 Å². The Hall–Kier alpha value is -1.10. The minimum atomic E-state index is 0.0492. The first-order valence-corrected chi connectivity index (χ1v) is 7.84. The molecule has 0 aliphatic carbocycles. The molecule has 0 spiro atoms. The van der Waals surface area contributed by atoms with E-state index in [2.05, 4.69) is 47.0 Å². The van der Waals surface area contributed by atoms with E-state index in [0.29, 0.717) is 23.2 Å². The molecule has 0 amide bonds. The van der Waals surface area contributed by atoms with E-state index in [1.807, 2.05) is 30.3 Å². The fourth-order valence-corrected chi connectivity index (χ4v) is 2.35. The zero-order valence-electron chi connectivity index (χ0n) is 12.3. The predicted molar refractivity (Wildman–Crippen MR) is 90.1 cm³/mol. The lowest BCUT2D eigenvalue weighted by Gasteiger charge is -2.20. The zero-order chi connectivity index (χ0) is 15.5. The minimum absolute atomic E-state index is 0.0492. The van der Waals surface area contributed by atoms with Crippen LogP contribution >= 0.6 is 27.5 Å². The molecule has 1 aromatic heterocycles. The third kappa shape index (κ3) is 5.30. The second-order valence-corrected chi connectivity index (χ2v) is 7.07. The van der Waals surface area contributed by atoms with Crippen LogP contribution in [0.5, 0.6) is 11.6 Å². The number of aromatic nitrogens is 1. The van der Waals surface area contributed by atoms with Crippen LogP contribution in [-0.2, 0) is 6.54 Å². The van der Waals surface area contributed by atoms with Crippen LogP contribution in [0.2, 0.25) is 5.02 Å². The number of hydrogen-bond acceptors (Lipinski definition) is 3. The molecule has 0 aliphatic heterocycles. The molecule has 0 aliphatic rings. The van der Waals surface area contributed by atoms with Crippen molar-refractivity contribution in [2.75, 3.05) is 0 Å². The maximum Gasteiger partial charge on any atom is 0.219 e. The summed E-state index contributed by atoms with van der Waals surface area (Å²) in [5.74, 6) is 1.13. The molecule has 21 heavy (non-hydrogen) atoms. The first-order valence-electron chi connectivity index (χ1n) is 6.67. The van der Waals surface area contributed by atoms with Gasteiger partial charge >= 0.3 is 0 Å². The van der Waals surface area contributed by atoms with Gasteiger partial charge < -0.3 is 10.1 Å². The summed E-state index contributed by atoms with van der Waals surface area (Å²) in [7, 11) is 0. The van der Waals surface area contributed by atoms with Crippen LogP contribution in [0.4, 0.5) is 0 Å². The number of halogens is 2. The van der Waals surface area contributed by atoms with Crippen LogP contribution in [-0.4, -0.2) is 10.5 Å². The summed E-state index contributed by atoms with van der Waals surface area (Å²) in [6, 6.07) is 11.2. The first kappa shape index (κ1) is 16.3. The number of hydrogen-bond donors (Lipinski definition) is 1. The van der Waals surface area contributed by atoms with E-state index >= 15 is 0 Å². The third-order valence-electron chi connectivity index (χ3n) is 2.69. The van der Waals surface area contributed by atoms with E-state index in [4.69, 9.17) is 16.3 Å². The molecule has 2 aromatic rings. The Kier molecular flexibility index (Phi) is 5.25. The van der Waals surface area contributed by atoms with E-state index in [0.717, 1.165) is 10.2 Å². The van der Waals surface area contributed by atoms with Crippen molar-refractivity contribution in [3.05, 3.63) is 51.6 Å². The third-order valence-corrected chi connectivity index (χ3v) is 3.48. The Morgan fingerprint density at radius 2 is 2.00 bits per heavy atom. The van der Waals surface area contributed by atoms with Crippen LogP contribution < -0.4 is 10.1 Å². The molecule has 3 nitrogen and oxygen atoms in total. The average Bonchev–Trinajstić information content (AvgIpc) is 2.39. The van der Waals surface area contributed by atoms with Gasteiger partial charge in [0.2, 0.25) is 5.88 Å². The van der Waals surface area contributed by atoms with Crippen LogP contribution in [0.25, 0.3) is 0 Å². The summed E-state index contributed by atoms with van der Waals surface area (Å²) >= 11 is 9.51. The standard InChI is InChI=1S/C16H18BrClN2O/c1-16(2,3)19-10-12-5-4-6-15(20-12)21-14-8-7-11(17)9-13(14)18/h4-9,19H,10H2,1-3H3. The Balaban J connectivity index is 2.10. The zero-order valence-corrected chi connectivity index (χ0v) is 14.6. The normalized spacial score (nSPS) is 11.5. The molecule has 0 unspecified atom stereocenters. The van der Waals surface area contributed by atoms with Crippen molar-refractivity contribution >= 4 is 27.5 Å². The predicted octanol–water partition coefficient (Wildman–Crippen LogP) is 5.18. The highest BCUT2D eigenvalue weighted by Crippen LogP contribution is 2.30. The quantitative estimate of drug-likeness (QED) is 0.806. The minimum Gasteiger partial charge on any atom is -0.437 e. The van der Waals surface area contributed by atoms with Gasteiger partial charge in [0.15, 0.2) is 0 Å². The summed E-state index contributed by atoms with van der Waals surface area (Å²) in [6.45, 7) is 7.05. The van der Waals surface area contributed by atoms with Crippen LogP contribution in [0.15, 0.2) is 40.9 Å². The van der Waals surface area contributed by atoms with Crippen LogP contribution in [0.3, 0.4) is 0 Å². The van der Waals surface area contributed by atoms with Gasteiger partial charge in [-0.25, -0.2) is 4.98 Å². The van der Waals surface area contributed by atoms with E-state index in [1.54, 1.807) is 6.07 Å². The van der Waals surface area contributed by atoms with Gasteiger partial charge in [-0.05, 0) is 45.0 Å². The molecule has 2 rings (SSSR count). The van der Waals surface area contributed by atoms with Gasteiger partial charge in [0.25, 0.3) is 0 Å². The smallest absolute Gasteiger partial charge is 0.219 e. The van der Waals surface area contributed by atoms with Crippen molar-refractivity contribution in [2.24, 2.45) is 0 Å². The summed E-state index contributed by atoms with van der Waals surface area (Å²) in [5.41, 5.74) is 0.976. The lowest BCUT2D eigenvalue weighted by Crippen LogP contribution is -2.35. The molecule has 1 heterocycles. The van der Waals surface area contributed by atoms with Crippen LogP contribution in [0.1, 0.15) is 26.5 Å². The molecule has 0 radical (unpaired) electrons. The fraction of sp³-hybridized carbons (Fsp3) is 0.312. The maximum absolute atomic E-state index is 6.15. The molecular weight excluding hydrogens is 352 g/mol. The first-order chi connectivity index (χ1) is 9.83. The molecular formula is C16H18BrClN2O. The number of rotatable bonds is 4. The number of pyridine rings is 1. The van der Waals surface area contributed by atoms with E-state index in [9.17, 15) is 0 Å². The summed E-state index contributed by atoms with van der Waals surface area (Å²) < 4.78 is 6.66. The van der Waals surface area contributed by atoms with Crippen molar-refractivity contribution in [1.29, 1.82) is 0 Å². The molecule has 5 heteroatoms. The number of nitrogens with one attached hydrogen (secondary N) is 1. The number of nitrogens with zero attached hydrogens (tertiary/aromatic N) is 1. The molecule has 112 valence electrons. The van der Waals surface area contributed by atoms with Gasteiger partial charge in [-0.2, -0.15) is 0 Å². The topological polar surface area (TPSA) is 34.1 Å². The lowest BCUT2D eigenvalue weighted by atomic mass is 10.1. The Labute approximate surface area is 138 Å². The molecule has 0 saturated carbocycles. The Bertz CT molecular complexity index is 626. The van der Waals surface area contributed by atoms with E-state index in [1.165, 1.54) is 0 Å². The second-order valence-electron chi connectivity index (χ2n) is 5.75. The van der Waals surface area contributed by atoms with Gasteiger partial charge in [-0.15, -0.1) is 0 Å². The molecule has 1 aromatic carbocycles. The van der Waals surface area contributed by atoms with Crippen LogP contribution in [0, 0.1) is 0 Å². The number of ether oxygens (including phenoxy) is 1. The Morgan fingerprint density at radius 1 is 1.24 bits per heavy atom. The van der Waals surface area contributed by atoms with Gasteiger partial charge in [0, 0.05) is 22.6 Å². The summed E-state index contributed by atoms with van der Waals surface area (Å²) in [4.78, 5) is 4.48. The van der Waals surface area contributed by atoms with Crippen molar-refractivity contribution in [1.82, 2.24) is 10.3 Å². The fourth-order valence-electron chi connectivity index (χ4n) is 1.64. The van der Waals surface area contributed by atoms with E-state index in [-0.39, 0.29) is 5.54 Å². The monoisotopic (exact) mass is 368 g/mol. The Morgan fingerprint density at radius 3 is 2.67 bits per heavy atom. The second kappa shape index (κ2) is 6.77. The van der Waals surface area contributed by atoms with Crippen molar-refractivity contribution in [3.8, 4) is 11.6 Å². The average molecular weight is 370 g/mol. The molecule has 0 saturated heterocycles. The highest BCUT2D eigenvalue weighted by Gasteiger charge is 2.10. The summed E-state index contributed by atoms with van der Waals surface area (Å²) in [5, 5.41) is 3.94. The lowest BCUT2D eigenvalue weighted by molar-refractivity contribution is 0.416. The maximum atomic E-state index is 6.15. The molecule has 0 fully saturated rings. The molecule has 0 atom stereocenters. The van der Waals surface area contributed by atoms with E-state index < -0.39 is 0 Å². The van der Waals surface area contributed by atoms with Gasteiger partial charge in [-0.1, -0.05) is 33.6 Å². The molecule has 1 N–H and O–H groups in total.